The summed E-state index contributed by atoms with van der Waals surface area (Å²) < 4.78 is 0. The normalized spacial score (nSPS) is 10.8. The molecule has 0 heteroatoms. The zero-order valence-corrected chi connectivity index (χ0v) is 7.59. The number of rotatable bonds is 4. The molecular weight excluding hydrogens is 144 g/mol. The van der Waals surface area contributed by atoms with Crippen LogP contribution in [0.4, 0.5) is 0 Å². The highest BCUT2D eigenvalue weighted by Crippen LogP contribution is 2.00. The molecule has 0 unspecified atom stereocenters. The third kappa shape index (κ3) is 3.38. The van der Waals surface area contributed by atoms with E-state index in [-0.39, 0.29) is 0 Å². The van der Waals surface area contributed by atoms with Crippen LogP contribution in [0.3, 0.4) is 0 Å². The molecule has 1 radical (unpaired) electrons. The van der Waals surface area contributed by atoms with E-state index < -0.39 is 0 Å². The van der Waals surface area contributed by atoms with Gasteiger partial charge < -0.3 is 0 Å². The van der Waals surface area contributed by atoms with E-state index in [9.17, 15) is 0 Å². The smallest absolute Gasteiger partial charge is 0.00974 e. The standard InChI is InChI=1S/C12H15/c1-2-3-4-6-9-12-10-7-5-8-11-12/h4,6-8,10-11H,2-3,9H2,1H3. The Bertz CT molecular complexity index is 221. The molecule has 0 atom stereocenters. The minimum atomic E-state index is 1.05. The van der Waals surface area contributed by atoms with Crippen LogP contribution < -0.4 is 0 Å². The molecule has 0 aliphatic rings. The van der Waals surface area contributed by atoms with Gasteiger partial charge in [0.05, 0.1) is 0 Å². The van der Waals surface area contributed by atoms with Crippen molar-refractivity contribution in [3.63, 3.8) is 0 Å². The second kappa shape index (κ2) is 5.59. The minimum absolute atomic E-state index is 1.05. The highest BCUT2D eigenvalue weighted by molar-refractivity contribution is 5.16. The Labute approximate surface area is 74.9 Å². The first-order valence-electron chi connectivity index (χ1n) is 4.53. The zero-order chi connectivity index (χ0) is 8.65. The van der Waals surface area contributed by atoms with Crippen molar-refractivity contribution >= 4 is 0 Å². The maximum absolute atomic E-state index is 3.01. The predicted octanol–water partition coefficient (Wildman–Crippen LogP) is 3.39. The minimum Gasteiger partial charge on any atom is -0.0882 e. The number of hydrogen-bond acceptors (Lipinski definition) is 0. The van der Waals surface area contributed by atoms with Gasteiger partial charge in [-0.25, -0.2) is 0 Å². The van der Waals surface area contributed by atoms with Gasteiger partial charge in [0, 0.05) is 0 Å². The van der Waals surface area contributed by atoms with Crippen LogP contribution in [0.2, 0.25) is 0 Å². The summed E-state index contributed by atoms with van der Waals surface area (Å²) in [7, 11) is 0. The van der Waals surface area contributed by atoms with Crippen LogP contribution in [0.5, 0.6) is 0 Å². The third-order valence-corrected chi connectivity index (χ3v) is 1.76. The fourth-order valence-corrected chi connectivity index (χ4v) is 1.06. The largest absolute Gasteiger partial charge is 0.0882 e. The van der Waals surface area contributed by atoms with Gasteiger partial charge in [-0.15, -0.1) is 0 Å². The van der Waals surface area contributed by atoms with E-state index in [4.69, 9.17) is 0 Å². The Kier molecular flexibility index (Phi) is 4.22. The lowest BCUT2D eigenvalue weighted by molar-refractivity contribution is 0.953. The molecule has 0 aromatic heterocycles. The summed E-state index contributed by atoms with van der Waals surface area (Å²) in [6.07, 6.45) is 7.96. The first kappa shape index (κ1) is 9.05. The van der Waals surface area contributed by atoms with Gasteiger partial charge in [-0.1, -0.05) is 49.8 Å². The molecule has 0 amide bonds. The van der Waals surface area contributed by atoms with E-state index in [1.807, 2.05) is 12.1 Å². The molecular formula is C12H15. The number of hydrogen-bond donors (Lipinski definition) is 0. The van der Waals surface area contributed by atoms with E-state index in [1.165, 1.54) is 18.4 Å². The Morgan fingerprint density at radius 3 is 2.67 bits per heavy atom. The molecule has 0 heterocycles. The quantitative estimate of drug-likeness (QED) is 0.591. The molecule has 0 spiro atoms. The van der Waals surface area contributed by atoms with Crippen molar-refractivity contribution in [2.75, 3.05) is 0 Å². The van der Waals surface area contributed by atoms with Crippen molar-refractivity contribution in [3.8, 4) is 0 Å². The average molecular weight is 159 g/mol. The number of benzene rings is 1. The van der Waals surface area contributed by atoms with E-state index in [1.54, 1.807) is 0 Å². The van der Waals surface area contributed by atoms with E-state index >= 15 is 0 Å². The van der Waals surface area contributed by atoms with E-state index in [2.05, 4.69) is 37.3 Å². The maximum Gasteiger partial charge on any atom is -0.00974 e. The SMILES string of the molecule is CCCC=CCc1cc[c]cc1. The van der Waals surface area contributed by atoms with Crippen molar-refractivity contribution in [2.45, 2.75) is 26.2 Å². The Morgan fingerprint density at radius 2 is 2.00 bits per heavy atom. The highest BCUT2D eigenvalue weighted by Gasteiger charge is 1.84. The maximum atomic E-state index is 3.01. The van der Waals surface area contributed by atoms with Gasteiger partial charge in [0.2, 0.25) is 0 Å². The molecule has 0 nitrogen and oxygen atoms in total. The van der Waals surface area contributed by atoms with Crippen LogP contribution in [0.1, 0.15) is 25.3 Å². The van der Waals surface area contributed by atoms with Gasteiger partial charge in [0.15, 0.2) is 0 Å². The van der Waals surface area contributed by atoms with Gasteiger partial charge in [0.25, 0.3) is 0 Å². The molecule has 63 valence electrons. The van der Waals surface area contributed by atoms with Gasteiger partial charge >= 0.3 is 0 Å². The van der Waals surface area contributed by atoms with E-state index in [0.29, 0.717) is 0 Å². The summed E-state index contributed by atoms with van der Waals surface area (Å²) in [6, 6.07) is 11.1. The van der Waals surface area contributed by atoms with Crippen LogP contribution in [0.15, 0.2) is 36.4 Å². The molecule has 1 rings (SSSR count). The molecule has 0 aliphatic heterocycles. The van der Waals surface area contributed by atoms with Crippen molar-refractivity contribution in [1.29, 1.82) is 0 Å². The summed E-state index contributed by atoms with van der Waals surface area (Å²) in [5.41, 5.74) is 1.36. The van der Waals surface area contributed by atoms with Crippen molar-refractivity contribution in [3.05, 3.63) is 48.0 Å². The second-order valence-corrected chi connectivity index (χ2v) is 2.87. The van der Waals surface area contributed by atoms with Gasteiger partial charge in [0.1, 0.15) is 0 Å². The summed E-state index contributed by atoms with van der Waals surface area (Å²) in [5, 5.41) is 0. The first-order valence-corrected chi connectivity index (χ1v) is 4.53. The monoisotopic (exact) mass is 159 g/mol. The molecule has 0 aliphatic carbocycles. The summed E-state index contributed by atoms with van der Waals surface area (Å²) in [5.74, 6) is 0. The molecule has 12 heavy (non-hydrogen) atoms. The average Bonchev–Trinajstić information content (AvgIpc) is 2.14. The molecule has 0 fully saturated rings. The Balaban J connectivity index is 2.33. The topological polar surface area (TPSA) is 0 Å². The van der Waals surface area contributed by atoms with Gasteiger partial charge in [-0.2, -0.15) is 0 Å². The van der Waals surface area contributed by atoms with Crippen LogP contribution in [0, 0.1) is 6.07 Å². The highest BCUT2D eigenvalue weighted by atomic mass is 13.9. The van der Waals surface area contributed by atoms with Gasteiger partial charge in [-0.3, -0.25) is 0 Å². The third-order valence-electron chi connectivity index (χ3n) is 1.76. The summed E-state index contributed by atoms with van der Waals surface area (Å²) in [6.45, 7) is 2.20. The van der Waals surface area contributed by atoms with Crippen molar-refractivity contribution in [1.82, 2.24) is 0 Å². The van der Waals surface area contributed by atoms with Crippen LogP contribution >= 0.6 is 0 Å². The number of unbranched alkanes of at least 4 members (excludes halogenated alkanes) is 1. The molecule has 0 N–H and O–H groups in total. The second-order valence-electron chi connectivity index (χ2n) is 2.87. The van der Waals surface area contributed by atoms with Crippen LogP contribution in [-0.4, -0.2) is 0 Å². The van der Waals surface area contributed by atoms with Crippen molar-refractivity contribution < 1.29 is 0 Å². The predicted molar refractivity (Wildman–Crippen MR) is 53.0 cm³/mol. The summed E-state index contributed by atoms with van der Waals surface area (Å²) >= 11 is 0. The lowest BCUT2D eigenvalue weighted by Gasteiger charge is -1.93. The lowest BCUT2D eigenvalue weighted by atomic mass is 10.1. The van der Waals surface area contributed by atoms with E-state index in [0.717, 1.165) is 6.42 Å². The first-order chi connectivity index (χ1) is 5.93. The number of allylic oxidation sites excluding steroid dienone is 2. The lowest BCUT2D eigenvalue weighted by Crippen LogP contribution is -1.78. The fourth-order valence-electron chi connectivity index (χ4n) is 1.06. The Hall–Kier alpha value is -1.04. The van der Waals surface area contributed by atoms with Gasteiger partial charge in [-0.05, 0) is 24.5 Å². The van der Waals surface area contributed by atoms with Crippen LogP contribution in [-0.2, 0) is 6.42 Å². The van der Waals surface area contributed by atoms with Crippen molar-refractivity contribution in [2.24, 2.45) is 0 Å². The molecule has 1 aromatic rings. The van der Waals surface area contributed by atoms with Crippen LogP contribution in [0.25, 0.3) is 0 Å². The molecule has 0 bridgehead atoms. The summed E-state index contributed by atoms with van der Waals surface area (Å²) in [4.78, 5) is 0. The molecule has 0 saturated carbocycles. The molecule has 0 saturated heterocycles. The molecule has 1 aromatic carbocycles. The fraction of sp³-hybridized carbons (Fsp3) is 0.333. The Morgan fingerprint density at radius 1 is 1.25 bits per heavy atom. The zero-order valence-electron chi connectivity index (χ0n) is 7.59.